The fraction of sp³-hybridized carbons (Fsp3) is 0.280. The molecule has 1 heterocycles. The quantitative estimate of drug-likeness (QED) is 0.377. The number of fused-ring (bicyclic) bond motifs is 1. The van der Waals surface area contributed by atoms with Gasteiger partial charge in [0.2, 0.25) is 0 Å². The number of likely N-dealkylation sites (N-methyl/N-ethyl adjacent to an activating group) is 1. The average molecular weight is 434 g/mol. The van der Waals surface area contributed by atoms with Crippen molar-refractivity contribution in [2.45, 2.75) is 27.7 Å². The highest BCUT2D eigenvalue weighted by Gasteiger charge is 2.38. The average Bonchev–Trinajstić information content (AvgIpc) is 3.01. The largest absolute Gasteiger partial charge is 0.452 e. The fourth-order valence-electron chi connectivity index (χ4n) is 3.55. The van der Waals surface area contributed by atoms with Gasteiger partial charge in [0.1, 0.15) is 0 Å². The summed E-state index contributed by atoms with van der Waals surface area (Å²) in [5, 5.41) is 0. The molecule has 3 amide bonds. The summed E-state index contributed by atoms with van der Waals surface area (Å²) in [6.07, 6.45) is 0. The molecule has 2 aromatic carbocycles. The number of imide groups is 1. The van der Waals surface area contributed by atoms with E-state index in [9.17, 15) is 19.2 Å². The maximum absolute atomic E-state index is 13.0. The van der Waals surface area contributed by atoms with Gasteiger partial charge in [0.05, 0.1) is 22.4 Å². The minimum atomic E-state index is -0.738. The van der Waals surface area contributed by atoms with Crippen LogP contribution in [-0.2, 0) is 9.53 Å². The zero-order valence-electron chi connectivity index (χ0n) is 18.7. The van der Waals surface area contributed by atoms with Crippen molar-refractivity contribution in [3.63, 3.8) is 0 Å². The van der Waals surface area contributed by atoms with Crippen molar-refractivity contribution in [2.24, 2.45) is 0 Å². The van der Waals surface area contributed by atoms with Gasteiger partial charge in [-0.15, -0.1) is 0 Å². The molecule has 0 fully saturated rings. The van der Waals surface area contributed by atoms with E-state index < -0.39 is 24.4 Å². The van der Waals surface area contributed by atoms with E-state index >= 15 is 0 Å². The lowest BCUT2D eigenvalue weighted by atomic mass is 10.1. The van der Waals surface area contributed by atoms with E-state index in [-0.39, 0.29) is 22.6 Å². The van der Waals surface area contributed by atoms with E-state index in [1.807, 2.05) is 39.8 Å². The van der Waals surface area contributed by atoms with Crippen LogP contribution in [0.2, 0.25) is 0 Å². The van der Waals surface area contributed by atoms with E-state index in [4.69, 9.17) is 4.74 Å². The van der Waals surface area contributed by atoms with E-state index in [1.165, 1.54) is 23.1 Å². The molecular weight excluding hydrogens is 408 g/mol. The minimum absolute atomic E-state index is 0.100. The Bertz CT molecular complexity index is 1140. The van der Waals surface area contributed by atoms with Crippen LogP contribution < -0.4 is 4.90 Å². The Balaban J connectivity index is 1.78. The lowest BCUT2D eigenvalue weighted by Gasteiger charge is -2.20. The Labute approximate surface area is 187 Å². The normalized spacial score (nSPS) is 12.6. The van der Waals surface area contributed by atoms with Gasteiger partial charge in [-0.3, -0.25) is 14.4 Å². The zero-order valence-corrected chi connectivity index (χ0v) is 18.7. The first-order valence-corrected chi connectivity index (χ1v) is 10.3. The molecule has 0 bridgehead atoms. The SMILES string of the molecule is C=C(C)CN(CC)C(=O)COC(=O)c1ccc2c(c1)C(=O)N(c1cc(C)ccc1C)C2=O. The molecule has 0 saturated carbocycles. The molecule has 7 nitrogen and oxygen atoms in total. The van der Waals surface area contributed by atoms with Crippen LogP contribution in [0.15, 0.2) is 48.6 Å². The van der Waals surface area contributed by atoms with Gasteiger partial charge in [0.25, 0.3) is 17.7 Å². The molecule has 0 spiro atoms. The summed E-state index contributed by atoms with van der Waals surface area (Å²) in [7, 11) is 0. The van der Waals surface area contributed by atoms with Gasteiger partial charge in [-0.2, -0.15) is 0 Å². The molecule has 2 aromatic rings. The molecule has 166 valence electrons. The smallest absolute Gasteiger partial charge is 0.338 e. The number of carbonyl (C=O) groups is 4. The second-order valence-electron chi connectivity index (χ2n) is 7.94. The van der Waals surface area contributed by atoms with Crippen LogP contribution in [0.1, 0.15) is 56.0 Å². The molecule has 0 N–H and O–H groups in total. The van der Waals surface area contributed by atoms with Crippen LogP contribution in [0.5, 0.6) is 0 Å². The Morgan fingerprint density at radius 3 is 2.38 bits per heavy atom. The molecule has 1 aliphatic rings. The van der Waals surface area contributed by atoms with Crippen LogP contribution in [0.25, 0.3) is 0 Å². The van der Waals surface area contributed by atoms with Gasteiger partial charge >= 0.3 is 5.97 Å². The molecular formula is C25H26N2O5. The number of amides is 3. The number of hydrogen-bond acceptors (Lipinski definition) is 5. The lowest BCUT2D eigenvalue weighted by Crippen LogP contribution is -2.35. The molecule has 0 saturated heterocycles. The van der Waals surface area contributed by atoms with E-state index in [0.717, 1.165) is 21.6 Å². The molecule has 0 radical (unpaired) electrons. The van der Waals surface area contributed by atoms with Gasteiger partial charge in [-0.25, -0.2) is 9.69 Å². The summed E-state index contributed by atoms with van der Waals surface area (Å²) in [6.45, 7) is 11.6. The summed E-state index contributed by atoms with van der Waals surface area (Å²) in [5.41, 5.74) is 3.51. The van der Waals surface area contributed by atoms with E-state index in [0.29, 0.717) is 18.8 Å². The van der Waals surface area contributed by atoms with Crippen molar-refractivity contribution in [2.75, 3.05) is 24.6 Å². The molecule has 0 unspecified atom stereocenters. The number of aryl methyl sites for hydroxylation is 2. The highest BCUT2D eigenvalue weighted by Crippen LogP contribution is 2.31. The second-order valence-corrected chi connectivity index (χ2v) is 7.94. The lowest BCUT2D eigenvalue weighted by molar-refractivity contribution is -0.133. The van der Waals surface area contributed by atoms with Crippen LogP contribution in [0.3, 0.4) is 0 Å². The maximum Gasteiger partial charge on any atom is 0.338 e. The summed E-state index contributed by atoms with van der Waals surface area (Å²) >= 11 is 0. The van der Waals surface area contributed by atoms with Crippen molar-refractivity contribution in [1.29, 1.82) is 0 Å². The molecule has 0 aliphatic carbocycles. The maximum atomic E-state index is 13.0. The first kappa shape index (κ1) is 22.9. The minimum Gasteiger partial charge on any atom is -0.452 e. The Hall–Kier alpha value is -3.74. The van der Waals surface area contributed by atoms with Crippen LogP contribution >= 0.6 is 0 Å². The topological polar surface area (TPSA) is 84.0 Å². The predicted molar refractivity (Wildman–Crippen MR) is 121 cm³/mol. The Morgan fingerprint density at radius 1 is 1.03 bits per heavy atom. The summed E-state index contributed by atoms with van der Waals surface area (Å²) in [6, 6.07) is 9.75. The number of hydrogen-bond donors (Lipinski definition) is 0. The second kappa shape index (κ2) is 9.18. The third-order valence-electron chi connectivity index (χ3n) is 5.25. The van der Waals surface area contributed by atoms with Gasteiger partial charge < -0.3 is 9.64 Å². The van der Waals surface area contributed by atoms with Gasteiger partial charge in [0.15, 0.2) is 6.61 Å². The van der Waals surface area contributed by atoms with Crippen LogP contribution in [0, 0.1) is 13.8 Å². The number of benzene rings is 2. The van der Waals surface area contributed by atoms with Crippen molar-refractivity contribution in [3.8, 4) is 0 Å². The molecule has 0 atom stereocenters. The van der Waals surface area contributed by atoms with Crippen LogP contribution in [0.4, 0.5) is 5.69 Å². The first-order valence-electron chi connectivity index (χ1n) is 10.3. The third-order valence-corrected chi connectivity index (χ3v) is 5.25. The third kappa shape index (κ3) is 4.46. The number of nitrogens with zero attached hydrogens (tertiary/aromatic N) is 2. The van der Waals surface area contributed by atoms with E-state index in [2.05, 4.69) is 6.58 Å². The van der Waals surface area contributed by atoms with E-state index in [1.54, 1.807) is 6.07 Å². The number of rotatable bonds is 7. The highest BCUT2D eigenvalue weighted by molar-refractivity contribution is 6.35. The zero-order chi connectivity index (χ0) is 23.6. The first-order chi connectivity index (χ1) is 15.1. The Morgan fingerprint density at radius 2 is 1.72 bits per heavy atom. The molecule has 1 aliphatic heterocycles. The van der Waals surface area contributed by atoms with Crippen molar-refractivity contribution in [1.82, 2.24) is 4.90 Å². The van der Waals surface area contributed by atoms with Crippen molar-refractivity contribution in [3.05, 3.63) is 76.4 Å². The molecule has 3 rings (SSSR count). The van der Waals surface area contributed by atoms with Gasteiger partial charge in [-0.1, -0.05) is 24.3 Å². The molecule has 7 heteroatoms. The molecule has 32 heavy (non-hydrogen) atoms. The Kier molecular flexibility index (Phi) is 6.58. The van der Waals surface area contributed by atoms with Crippen molar-refractivity contribution >= 4 is 29.4 Å². The van der Waals surface area contributed by atoms with Crippen molar-refractivity contribution < 1.29 is 23.9 Å². The van der Waals surface area contributed by atoms with Gasteiger partial charge in [0, 0.05) is 13.1 Å². The number of ether oxygens (including phenoxy) is 1. The molecule has 0 aromatic heterocycles. The number of carbonyl (C=O) groups excluding carboxylic acids is 4. The fourth-order valence-corrected chi connectivity index (χ4v) is 3.55. The number of anilines is 1. The number of esters is 1. The summed E-state index contributed by atoms with van der Waals surface area (Å²) in [4.78, 5) is 53.4. The van der Waals surface area contributed by atoms with Gasteiger partial charge in [-0.05, 0) is 63.1 Å². The van der Waals surface area contributed by atoms with Crippen LogP contribution in [-0.4, -0.2) is 48.3 Å². The monoisotopic (exact) mass is 434 g/mol. The predicted octanol–water partition coefficient (Wildman–Crippen LogP) is 3.69. The standard InChI is InChI=1S/C25H26N2O5/c1-6-26(13-15(2)3)22(28)14-32-25(31)18-9-10-19-20(12-18)24(30)27(23(19)29)21-11-16(4)7-8-17(21)5/h7-12H,2,6,13-14H2,1,3-5H3. The summed E-state index contributed by atoms with van der Waals surface area (Å²) in [5.74, 6) is -2.01. The summed E-state index contributed by atoms with van der Waals surface area (Å²) < 4.78 is 5.15. The highest BCUT2D eigenvalue weighted by atomic mass is 16.5.